The number of hydrogen-bond donors (Lipinski definition) is 1. The fraction of sp³-hybridized carbons (Fsp3) is 0.316. The Morgan fingerprint density at radius 2 is 1.96 bits per heavy atom. The smallest absolute Gasteiger partial charge is 0.314 e. The highest BCUT2D eigenvalue weighted by atomic mass is 19.4. The van der Waals surface area contributed by atoms with Gasteiger partial charge in [-0.1, -0.05) is 18.2 Å². The zero-order chi connectivity index (χ0) is 19.7. The topological polar surface area (TPSA) is 58.9 Å². The molecule has 0 aliphatic carbocycles. The third-order valence-corrected chi connectivity index (χ3v) is 4.79. The van der Waals surface area contributed by atoms with E-state index in [2.05, 4.69) is 20.4 Å². The Morgan fingerprint density at radius 1 is 1.18 bits per heavy atom. The van der Waals surface area contributed by atoms with Gasteiger partial charge in [-0.2, -0.15) is 23.3 Å². The zero-order valence-electron chi connectivity index (χ0n) is 15.2. The summed E-state index contributed by atoms with van der Waals surface area (Å²) in [4.78, 5) is 9.77. The number of rotatable bonds is 4. The van der Waals surface area contributed by atoms with Crippen LogP contribution >= 0.6 is 0 Å². The van der Waals surface area contributed by atoms with E-state index in [1.165, 1.54) is 4.68 Å². The van der Waals surface area contributed by atoms with Crippen LogP contribution in [0.25, 0.3) is 5.82 Å². The van der Waals surface area contributed by atoms with Crippen LogP contribution in [0.2, 0.25) is 0 Å². The highest BCUT2D eigenvalue weighted by molar-refractivity contribution is 5.57. The van der Waals surface area contributed by atoms with E-state index in [-0.39, 0.29) is 17.8 Å². The predicted molar refractivity (Wildman–Crippen MR) is 98.6 cm³/mol. The van der Waals surface area contributed by atoms with Gasteiger partial charge in [-0.25, -0.2) is 9.67 Å². The maximum atomic E-state index is 13.6. The van der Waals surface area contributed by atoms with Crippen LogP contribution in [0.15, 0.2) is 48.9 Å². The summed E-state index contributed by atoms with van der Waals surface area (Å²) in [5.41, 5.74) is 0.693. The zero-order valence-corrected chi connectivity index (χ0v) is 15.2. The summed E-state index contributed by atoms with van der Waals surface area (Å²) in [6.07, 6.45) is 1.38. The van der Waals surface area contributed by atoms with Crippen LogP contribution in [0.4, 0.5) is 24.8 Å². The molecule has 1 saturated heterocycles. The number of hydrogen-bond acceptors (Lipinski definition) is 5. The van der Waals surface area contributed by atoms with E-state index in [9.17, 15) is 13.2 Å². The molecule has 1 unspecified atom stereocenters. The van der Waals surface area contributed by atoms with Crippen molar-refractivity contribution in [1.82, 2.24) is 25.1 Å². The lowest BCUT2D eigenvalue weighted by Gasteiger charge is -2.19. The van der Waals surface area contributed by atoms with Gasteiger partial charge >= 0.3 is 6.18 Å². The quantitative estimate of drug-likeness (QED) is 0.735. The number of para-hydroxylation sites is 1. The van der Waals surface area contributed by atoms with Crippen molar-refractivity contribution in [2.24, 2.45) is 0 Å². The second-order valence-corrected chi connectivity index (χ2v) is 6.67. The van der Waals surface area contributed by atoms with Crippen LogP contribution in [-0.4, -0.2) is 33.3 Å². The third-order valence-electron chi connectivity index (χ3n) is 4.79. The summed E-state index contributed by atoms with van der Waals surface area (Å²) in [6.45, 7) is 0.892. The third kappa shape index (κ3) is 3.57. The minimum Gasteiger partial charge on any atom is -0.314 e. The lowest BCUT2D eigenvalue weighted by Crippen LogP contribution is -2.19. The van der Waals surface area contributed by atoms with E-state index < -0.39 is 11.7 Å². The molecule has 6 nitrogen and oxygen atoms in total. The molecule has 146 valence electrons. The molecule has 1 N–H and O–H groups in total. The largest absolute Gasteiger partial charge is 0.421 e. The van der Waals surface area contributed by atoms with E-state index in [4.69, 9.17) is 0 Å². The molecule has 1 aromatic carbocycles. The van der Waals surface area contributed by atoms with Crippen molar-refractivity contribution in [3.05, 3.63) is 60.0 Å². The monoisotopic (exact) mass is 388 g/mol. The fourth-order valence-electron chi connectivity index (χ4n) is 3.27. The van der Waals surface area contributed by atoms with Gasteiger partial charge in [-0.05, 0) is 31.5 Å². The maximum absolute atomic E-state index is 13.6. The van der Waals surface area contributed by atoms with Crippen molar-refractivity contribution in [2.75, 3.05) is 18.5 Å². The molecular weight excluding hydrogens is 369 g/mol. The van der Waals surface area contributed by atoms with E-state index >= 15 is 0 Å². The first-order valence-corrected chi connectivity index (χ1v) is 8.95. The number of anilines is 2. The highest BCUT2D eigenvalue weighted by Gasteiger charge is 2.36. The number of nitrogens with zero attached hydrogens (tertiary/aromatic N) is 5. The summed E-state index contributed by atoms with van der Waals surface area (Å²) >= 11 is 0. The summed E-state index contributed by atoms with van der Waals surface area (Å²) < 4.78 is 41.8. The van der Waals surface area contributed by atoms with Gasteiger partial charge in [0.25, 0.3) is 0 Å². The molecular formula is C19H19F3N6. The molecule has 0 spiro atoms. The number of benzene rings is 1. The normalized spacial score (nSPS) is 17.1. The minimum absolute atomic E-state index is 0.108. The van der Waals surface area contributed by atoms with E-state index in [1.807, 2.05) is 30.3 Å². The molecule has 3 heterocycles. The van der Waals surface area contributed by atoms with Crippen molar-refractivity contribution >= 4 is 11.6 Å². The van der Waals surface area contributed by atoms with Gasteiger partial charge in [0.15, 0.2) is 5.82 Å². The number of nitrogens with one attached hydrogen (secondary N) is 1. The SMILES string of the molecule is CN(c1ccccc1)c1ncc(C(F)(F)F)c(-n2cc(C3CCCN3)cn2)n1. The van der Waals surface area contributed by atoms with Gasteiger partial charge in [0, 0.05) is 36.7 Å². The molecule has 0 amide bonds. The fourth-order valence-corrected chi connectivity index (χ4v) is 3.27. The Balaban J connectivity index is 1.75. The summed E-state index contributed by atoms with van der Waals surface area (Å²) in [5.74, 6) is -0.130. The number of halogens is 3. The first-order valence-electron chi connectivity index (χ1n) is 8.95. The number of alkyl halides is 3. The average Bonchev–Trinajstić information content (AvgIpc) is 3.38. The van der Waals surface area contributed by atoms with Gasteiger partial charge in [-0.15, -0.1) is 0 Å². The van der Waals surface area contributed by atoms with Crippen LogP contribution in [0, 0.1) is 0 Å². The second kappa shape index (κ2) is 7.23. The van der Waals surface area contributed by atoms with Gasteiger partial charge in [0.05, 0.1) is 6.20 Å². The Kier molecular flexibility index (Phi) is 4.76. The van der Waals surface area contributed by atoms with Crippen LogP contribution in [-0.2, 0) is 6.18 Å². The molecule has 1 fully saturated rings. The molecule has 1 aliphatic heterocycles. The van der Waals surface area contributed by atoms with Crippen molar-refractivity contribution in [3.63, 3.8) is 0 Å². The molecule has 1 atom stereocenters. The van der Waals surface area contributed by atoms with Gasteiger partial charge in [0.2, 0.25) is 5.95 Å². The highest BCUT2D eigenvalue weighted by Crippen LogP contribution is 2.34. The molecule has 4 rings (SSSR count). The standard InChI is InChI=1S/C19H19F3N6/c1-27(14-6-3-2-4-7-14)18-24-11-15(19(20,21)22)17(26-18)28-12-13(10-25-28)16-8-5-9-23-16/h2-4,6-7,10-12,16,23H,5,8-9H2,1H3. The van der Waals surface area contributed by atoms with Crippen LogP contribution < -0.4 is 10.2 Å². The minimum atomic E-state index is -4.59. The van der Waals surface area contributed by atoms with E-state index in [1.54, 1.807) is 24.3 Å². The lowest BCUT2D eigenvalue weighted by molar-refractivity contribution is -0.138. The Bertz CT molecular complexity index is 948. The molecule has 0 saturated carbocycles. The van der Waals surface area contributed by atoms with Crippen molar-refractivity contribution < 1.29 is 13.2 Å². The first kappa shape index (κ1) is 18.4. The van der Waals surface area contributed by atoms with Gasteiger partial charge in [0.1, 0.15) is 5.56 Å². The average molecular weight is 388 g/mol. The van der Waals surface area contributed by atoms with Crippen molar-refractivity contribution in [3.8, 4) is 5.82 Å². The van der Waals surface area contributed by atoms with Crippen LogP contribution in [0.3, 0.4) is 0 Å². The second-order valence-electron chi connectivity index (χ2n) is 6.67. The molecule has 28 heavy (non-hydrogen) atoms. The Hall–Kier alpha value is -2.94. The molecule has 3 aromatic rings. The summed E-state index contributed by atoms with van der Waals surface area (Å²) in [6, 6.07) is 9.31. The van der Waals surface area contributed by atoms with Gasteiger partial charge in [-0.3, -0.25) is 0 Å². The van der Waals surface area contributed by atoms with Crippen molar-refractivity contribution in [2.45, 2.75) is 25.1 Å². The van der Waals surface area contributed by atoms with E-state index in [0.717, 1.165) is 36.8 Å². The molecule has 0 bridgehead atoms. The summed E-state index contributed by atoms with van der Waals surface area (Å²) in [7, 11) is 1.71. The molecule has 9 heteroatoms. The molecule has 2 aromatic heterocycles. The van der Waals surface area contributed by atoms with Crippen LogP contribution in [0.1, 0.15) is 30.0 Å². The maximum Gasteiger partial charge on any atom is 0.421 e. The molecule has 1 aliphatic rings. The van der Waals surface area contributed by atoms with E-state index in [0.29, 0.717) is 0 Å². The first-order chi connectivity index (χ1) is 13.4. The Labute approximate surface area is 160 Å². The van der Waals surface area contributed by atoms with Crippen LogP contribution in [0.5, 0.6) is 0 Å². The Morgan fingerprint density at radius 3 is 2.64 bits per heavy atom. The summed E-state index contributed by atoms with van der Waals surface area (Å²) in [5, 5.41) is 7.46. The lowest BCUT2D eigenvalue weighted by atomic mass is 10.1. The van der Waals surface area contributed by atoms with Crippen molar-refractivity contribution in [1.29, 1.82) is 0 Å². The predicted octanol–water partition coefficient (Wildman–Crippen LogP) is 3.87. The molecule has 0 radical (unpaired) electrons. The van der Waals surface area contributed by atoms with Gasteiger partial charge < -0.3 is 10.2 Å². The number of aromatic nitrogens is 4.